The maximum atomic E-state index is 13.3. The molecular weight excluding hydrogens is 357 g/mol. The molecule has 1 aliphatic heterocycles. The highest BCUT2D eigenvalue weighted by Gasteiger charge is 2.39. The summed E-state index contributed by atoms with van der Waals surface area (Å²) < 4.78 is 18.8. The Morgan fingerprint density at radius 3 is 2.43 bits per heavy atom. The van der Waals surface area contributed by atoms with E-state index >= 15 is 0 Å². The summed E-state index contributed by atoms with van der Waals surface area (Å²) in [5.41, 5.74) is 3.04. The number of anilines is 1. The Kier molecular flexibility index (Phi) is 4.99. The van der Waals surface area contributed by atoms with Crippen molar-refractivity contribution in [1.82, 2.24) is 0 Å². The van der Waals surface area contributed by atoms with Crippen LogP contribution in [0.1, 0.15) is 44.1 Å². The molecule has 1 amide bonds. The van der Waals surface area contributed by atoms with Crippen LogP contribution in [0.4, 0.5) is 10.1 Å². The molecule has 2 aliphatic rings. The van der Waals surface area contributed by atoms with Gasteiger partial charge in [-0.3, -0.25) is 14.5 Å². The van der Waals surface area contributed by atoms with Gasteiger partial charge in [0.15, 0.2) is 5.78 Å². The van der Waals surface area contributed by atoms with E-state index in [1.54, 1.807) is 17.0 Å². The summed E-state index contributed by atoms with van der Waals surface area (Å²) in [7, 11) is 0. The number of hydrogen-bond acceptors (Lipinski definition) is 3. The van der Waals surface area contributed by atoms with E-state index in [0.29, 0.717) is 25.0 Å². The minimum absolute atomic E-state index is 0.0491. The standard InChI is InChI=1S/C23H22FNO3/c1-2-28-18-12-10-17(11-13-18)25-20-4-3-5-21(26)23(20)19(14-22(25)27)15-6-8-16(24)9-7-15/h6-13,19H,2-5,14H2,1H3. The summed E-state index contributed by atoms with van der Waals surface area (Å²) in [5.74, 6) is 0.140. The quantitative estimate of drug-likeness (QED) is 0.770. The average Bonchev–Trinajstić information content (AvgIpc) is 2.69. The SMILES string of the molecule is CCOc1ccc(N2C(=O)CC(c3ccc(F)cc3)C3=C2CCCC3=O)cc1. The van der Waals surface area contributed by atoms with E-state index in [4.69, 9.17) is 4.74 Å². The van der Waals surface area contributed by atoms with Crippen molar-refractivity contribution in [3.05, 3.63) is 71.2 Å². The van der Waals surface area contributed by atoms with Crippen molar-refractivity contribution in [2.45, 2.75) is 38.5 Å². The van der Waals surface area contributed by atoms with Crippen molar-refractivity contribution < 1.29 is 18.7 Å². The second-order valence-electron chi connectivity index (χ2n) is 7.10. The lowest BCUT2D eigenvalue weighted by Crippen LogP contribution is -2.40. The molecule has 1 atom stereocenters. The van der Waals surface area contributed by atoms with E-state index in [1.165, 1.54) is 12.1 Å². The van der Waals surface area contributed by atoms with Gasteiger partial charge in [-0.15, -0.1) is 0 Å². The van der Waals surface area contributed by atoms with Crippen molar-refractivity contribution >= 4 is 17.4 Å². The zero-order valence-corrected chi connectivity index (χ0v) is 15.8. The first-order valence-corrected chi connectivity index (χ1v) is 9.66. The Morgan fingerprint density at radius 1 is 1.04 bits per heavy atom. The van der Waals surface area contributed by atoms with Crippen molar-refractivity contribution in [2.75, 3.05) is 11.5 Å². The first-order valence-electron chi connectivity index (χ1n) is 9.66. The highest BCUT2D eigenvalue weighted by atomic mass is 19.1. The molecule has 1 heterocycles. The van der Waals surface area contributed by atoms with Crippen LogP contribution in [0.3, 0.4) is 0 Å². The maximum Gasteiger partial charge on any atom is 0.232 e. The zero-order chi connectivity index (χ0) is 19.7. The molecule has 0 radical (unpaired) electrons. The van der Waals surface area contributed by atoms with Gasteiger partial charge in [0.25, 0.3) is 0 Å². The van der Waals surface area contributed by atoms with Crippen LogP contribution in [0.15, 0.2) is 59.8 Å². The fraction of sp³-hybridized carbons (Fsp3) is 0.304. The molecule has 28 heavy (non-hydrogen) atoms. The third kappa shape index (κ3) is 3.33. The molecule has 0 saturated heterocycles. The molecule has 1 aliphatic carbocycles. The number of rotatable bonds is 4. The first-order chi connectivity index (χ1) is 13.6. The van der Waals surface area contributed by atoms with E-state index < -0.39 is 0 Å². The number of amides is 1. The number of ether oxygens (including phenoxy) is 1. The van der Waals surface area contributed by atoms with Crippen molar-refractivity contribution in [2.24, 2.45) is 0 Å². The largest absolute Gasteiger partial charge is 0.494 e. The first kappa shape index (κ1) is 18.4. The normalized spacial score (nSPS) is 19.6. The number of hydrogen-bond donors (Lipinski definition) is 0. The monoisotopic (exact) mass is 379 g/mol. The lowest BCUT2D eigenvalue weighted by molar-refractivity contribution is -0.119. The molecule has 0 aromatic heterocycles. The molecule has 2 aromatic carbocycles. The Morgan fingerprint density at radius 2 is 1.75 bits per heavy atom. The average molecular weight is 379 g/mol. The van der Waals surface area contributed by atoms with Gasteiger partial charge in [-0.1, -0.05) is 12.1 Å². The smallest absolute Gasteiger partial charge is 0.232 e. The van der Waals surface area contributed by atoms with Crippen LogP contribution in [0.5, 0.6) is 5.75 Å². The minimum Gasteiger partial charge on any atom is -0.494 e. The van der Waals surface area contributed by atoms with E-state index in [1.807, 2.05) is 31.2 Å². The Labute approximate surface area is 163 Å². The molecular formula is C23H22FNO3. The van der Waals surface area contributed by atoms with Crippen LogP contribution in [0, 0.1) is 5.82 Å². The molecule has 2 aromatic rings. The zero-order valence-electron chi connectivity index (χ0n) is 15.8. The van der Waals surface area contributed by atoms with Crippen molar-refractivity contribution in [1.29, 1.82) is 0 Å². The van der Waals surface area contributed by atoms with Gasteiger partial charge in [0, 0.05) is 35.7 Å². The highest BCUT2D eigenvalue weighted by Crippen LogP contribution is 2.43. The van der Waals surface area contributed by atoms with Gasteiger partial charge < -0.3 is 4.74 Å². The van der Waals surface area contributed by atoms with Crippen molar-refractivity contribution in [3.8, 4) is 5.75 Å². The summed E-state index contributed by atoms with van der Waals surface area (Å²) in [4.78, 5) is 27.6. The molecule has 0 N–H and O–H groups in total. The van der Waals surface area contributed by atoms with E-state index in [-0.39, 0.29) is 29.8 Å². The molecule has 0 fully saturated rings. The predicted molar refractivity (Wildman–Crippen MR) is 105 cm³/mol. The van der Waals surface area contributed by atoms with Crippen LogP contribution in [0.25, 0.3) is 0 Å². The van der Waals surface area contributed by atoms with Gasteiger partial charge in [-0.25, -0.2) is 4.39 Å². The van der Waals surface area contributed by atoms with Crippen molar-refractivity contribution in [3.63, 3.8) is 0 Å². The molecule has 0 spiro atoms. The minimum atomic E-state index is -0.328. The van der Waals surface area contributed by atoms with Gasteiger partial charge in [0.1, 0.15) is 11.6 Å². The molecule has 1 unspecified atom stereocenters. The fourth-order valence-corrected chi connectivity index (χ4v) is 4.13. The molecule has 5 heteroatoms. The Bertz CT molecular complexity index is 931. The van der Waals surface area contributed by atoms with Gasteiger partial charge in [-0.05, 0) is 61.7 Å². The van der Waals surface area contributed by atoms with E-state index in [0.717, 1.165) is 29.1 Å². The molecule has 4 nitrogen and oxygen atoms in total. The summed E-state index contributed by atoms with van der Waals surface area (Å²) in [6.07, 6.45) is 2.09. The van der Waals surface area contributed by atoms with Gasteiger partial charge >= 0.3 is 0 Å². The summed E-state index contributed by atoms with van der Waals surface area (Å²) in [6.45, 7) is 2.49. The number of Topliss-reactive ketones (excluding diaryl/α,β-unsaturated/α-hetero) is 1. The third-order valence-corrected chi connectivity index (χ3v) is 5.35. The van der Waals surface area contributed by atoms with Gasteiger partial charge in [0.2, 0.25) is 5.91 Å². The van der Waals surface area contributed by atoms with Gasteiger partial charge in [0.05, 0.1) is 6.61 Å². The molecule has 0 saturated carbocycles. The molecule has 144 valence electrons. The number of ketones is 1. The summed E-state index contributed by atoms with van der Waals surface area (Å²) >= 11 is 0. The second-order valence-corrected chi connectivity index (χ2v) is 7.10. The third-order valence-electron chi connectivity index (χ3n) is 5.35. The second kappa shape index (κ2) is 7.58. The number of halogens is 1. The van der Waals surface area contributed by atoms with E-state index in [2.05, 4.69) is 0 Å². The van der Waals surface area contributed by atoms with E-state index in [9.17, 15) is 14.0 Å². The highest BCUT2D eigenvalue weighted by molar-refractivity contribution is 6.07. The Balaban J connectivity index is 1.77. The summed E-state index contributed by atoms with van der Waals surface area (Å²) in [5, 5.41) is 0. The van der Waals surface area contributed by atoms with Crippen LogP contribution in [0.2, 0.25) is 0 Å². The number of carbonyl (C=O) groups is 2. The number of carbonyl (C=O) groups excluding carboxylic acids is 2. The van der Waals surface area contributed by atoms with Crippen LogP contribution < -0.4 is 9.64 Å². The van der Waals surface area contributed by atoms with Crippen LogP contribution in [-0.2, 0) is 9.59 Å². The molecule has 4 rings (SSSR count). The van der Waals surface area contributed by atoms with Crippen LogP contribution >= 0.6 is 0 Å². The number of allylic oxidation sites excluding steroid dienone is 2. The fourth-order valence-electron chi connectivity index (χ4n) is 4.13. The maximum absolute atomic E-state index is 13.3. The lowest BCUT2D eigenvalue weighted by atomic mass is 9.77. The Hall–Kier alpha value is -2.95. The molecule has 0 bridgehead atoms. The summed E-state index contributed by atoms with van der Waals surface area (Å²) in [6, 6.07) is 13.5. The van der Waals surface area contributed by atoms with Crippen LogP contribution in [-0.4, -0.2) is 18.3 Å². The number of nitrogens with zero attached hydrogens (tertiary/aromatic N) is 1. The predicted octanol–water partition coefficient (Wildman–Crippen LogP) is 4.75. The topological polar surface area (TPSA) is 46.6 Å². The number of benzene rings is 2. The lowest BCUT2D eigenvalue weighted by Gasteiger charge is -2.38. The van der Waals surface area contributed by atoms with Gasteiger partial charge in [-0.2, -0.15) is 0 Å².